The SMILES string of the molecule is CC(Nc1ccc(NC(=O)c2ccc(C)c(C)c2)cc1)=[N+](C)C. The van der Waals surface area contributed by atoms with Crippen LogP contribution in [0.25, 0.3) is 0 Å². The van der Waals surface area contributed by atoms with E-state index in [4.69, 9.17) is 0 Å². The molecule has 0 aliphatic rings. The molecule has 0 saturated carbocycles. The molecule has 2 aromatic carbocycles. The summed E-state index contributed by atoms with van der Waals surface area (Å²) in [6.45, 7) is 6.06. The van der Waals surface area contributed by atoms with Crippen LogP contribution in [0.4, 0.5) is 11.4 Å². The van der Waals surface area contributed by atoms with Crippen LogP contribution in [0.2, 0.25) is 0 Å². The molecule has 0 atom stereocenters. The third kappa shape index (κ3) is 4.42. The Bertz CT molecular complexity index is 742. The predicted molar refractivity (Wildman–Crippen MR) is 96.7 cm³/mol. The Morgan fingerprint density at radius 1 is 0.870 bits per heavy atom. The van der Waals surface area contributed by atoms with Gasteiger partial charge in [0.25, 0.3) is 5.91 Å². The Morgan fingerprint density at radius 3 is 1.96 bits per heavy atom. The number of hydrogen-bond donors (Lipinski definition) is 2. The van der Waals surface area contributed by atoms with Crippen LogP contribution >= 0.6 is 0 Å². The molecule has 1 amide bonds. The maximum absolute atomic E-state index is 12.3. The van der Waals surface area contributed by atoms with Crippen molar-refractivity contribution in [3.05, 3.63) is 59.2 Å². The van der Waals surface area contributed by atoms with Gasteiger partial charge in [0.05, 0.1) is 14.1 Å². The number of nitrogens with one attached hydrogen (secondary N) is 2. The maximum atomic E-state index is 12.3. The molecule has 0 radical (unpaired) electrons. The summed E-state index contributed by atoms with van der Waals surface area (Å²) in [5.74, 6) is 0.960. The van der Waals surface area contributed by atoms with Gasteiger partial charge < -0.3 is 5.32 Å². The highest BCUT2D eigenvalue weighted by Gasteiger charge is 2.08. The van der Waals surface area contributed by atoms with Crippen molar-refractivity contribution >= 4 is 23.1 Å². The van der Waals surface area contributed by atoms with Crippen molar-refractivity contribution in [2.45, 2.75) is 20.8 Å². The van der Waals surface area contributed by atoms with Crippen LogP contribution in [0.5, 0.6) is 0 Å². The van der Waals surface area contributed by atoms with Gasteiger partial charge in [0.1, 0.15) is 5.69 Å². The molecule has 0 unspecified atom stereocenters. The molecule has 0 aliphatic heterocycles. The number of carbonyl (C=O) groups is 1. The van der Waals surface area contributed by atoms with E-state index in [0.29, 0.717) is 5.56 Å². The van der Waals surface area contributed by atoms with Gasteiger partial charge in [0.15, 0.2) is 0 Å². The zero-order valence-corrected chi connectivity index (χ0v) is 14.4. The maximum Gasteiger partial charge on any atom is 0.255 e. The summed E-state index contributed by atoms with van der Waals surface area (Å²) in [4.78, 5) is 12.3. The summed E-state index contributed by atoms with van der Waals surface area (Å²) in [6.07, 6.45) is 0. The molecular weight excluding hydrogens is 286 g/mol. The van der Waals surface area contributed by atoms with Crippen molar-refractivity contribution in [2.24, 2.45) is 0 Å². The first kappa shape index (κ1) is 16.7. The molecule has 0 aromatic heterocycles. The minimum Gasteiger partial charge on any atom is -0.322 e. The second-order valence-corrected chi connectivity index (χ2v) is 5.94. The van der Waals surface area contributed by atoms with Crippen molar-refractivity contribution in [3.63, 3.8) is 0 Å². The molecule has 2 N–H and O–H groups in total. The average molecular weight is 310 g/mol. The summed E-state index contributed by atoms with van der Waals surface area (Å²) in [7, 11) is 3.97. The molecule has 0 bridgehead atoms. The second-order valence-electron chi connectivity index (χ2n) is 5.94. The predicted octanol–water partition coefficient (Wildman–Crippen LogP) is 3.66. The first-order chi connectivity index (χ1) is 10.9. The Labute approximate surface area is 137 Å². The fourth-order valence-corrected chi connectivity index (χ4v) is 2.04. The van der Waals surface area contributed by atoms with Crippen LogP contribution < -0.4 is 10.6 Å². The quantitative estimate of drug-likeness (QED) is 0.516. The molecule has 2 rings (SSSR count). The molecule has 0 fully saturated rings. The van der Waals surface area contributed by atoms with Gasteiger partial charge in [-0.1, -0.05) is 6.07 Å². The van der Waals surface area contributed by atoms with Crippen LogP contribution in [0.1, 0.15) is 28.4 Å². The van der Waals surface area contributed by atoms with Gasteiger partial charge in [0, 0.05) is 18.2 Å². The zero-order chi connectivity index (χ0) is 17.0. The largest absolute Gasteiger partial charge is 0.322 e. The third-order valence-corrected chi connectivity index (χ3v) is 3.91. The number of amides is 1. The van der Waals surface area contributed by atoms with Crippen molar-refractivity contribution in [1.82, 2.24) is 0 Å². The summed E-state index contributed by atoms with van der Waals surface area (Å²) >= 11 is 0. The van der Waals surface area contributed by atoms with Crippen LogP contribution in [0, 0.1) is 13.8 Å². The smallest absolute Gasteiger partial charge is 0.255 e. The highest BCUT2D eigenvalue weighted by Crippen LogP contribution is 2.16. The Balaban J connectivity index is 2.07. The third-order valence-electron chi connectivity index (χ3n) is 3.91. The van der Waals surface area contributed by atoms with Crippen LogP contribution in [0.3, 0.4) is 0 Å². The summed E-state index contributed by atoms with van der Waals surface area (Å²) in [6, 6.07) is 13.4. The van der Waals surface area contributed by atoms with Crippen molar-refractivity contribution < 1.29 is 9.37 Å². The van der Waals surface area contributed by atoms with E-state index in [1.807, 2.05) is 81.9 Å². The molecule has 0 spiro atoms. The van der Waals surface area contributed by atoms with Crippen LogP contribution in [-0.4, -0.2) is 30.4 Å². The highest BCUT2D eigenvalue weighted by atomic mass is 16.1. The van der Waals surface area contributed by atoms with Gasteiger partial charge in [-0.15, -0.1) is 0 Å². The fraction of sp³-hybridized carbons (Fsp3) is 0.263. The van der Waals surface area contributed by atoms with E-state index in [-0.39, 0.29) is 5.91 Å². The van der Waals surface area contributed by atoms with Gasteiger partial charge in [-0.2, -0.15) is 0 Å². The van der Waals surface area contributed by atoms with E-state index in [1.165, 1.54) is 5.56 Å². The van der Waals surface area contributed by atoms with Gasteiger partial charge in [-0.3, -0.25) is 9.37 Å². The number of nitrogens with zero attached hydrogens (tertiary/aromatic N) is 1. The number of rotatable bonds is 3. The molecule has 0 heterocycles. The van der Waals surface area contributed by atoms with Gasteiger partial charge >= 0.3 is 0 Å². The summed E-state index contributed by atoms with van der Waals surface area (Å²) < 4.78 is 2.01. The number of carbonyl (C=O) groups excluding carboxylic acids is 1. The molecule has 2 aromatic rings. The number of benzene rings is 2. The molecule has 0 saturated heterocycles. The molecular formula is C19H24N3O+. The van der Waals surface area contributed by atoms with Crippen LogP contribution in [0.15, 0.2) is 42.5 Å². The number of hydrogen-bond acceptors (Lipinski definition) is 1. The van der Waals surface area contributed by atoms with Crippen molar-refractivity contribution in [1.29, 1.82) is 0 Å². The fourth-order valence-electron chi connectivity index (χ4n) is 2.04. The minimum absolute atomic E-state index is 0.0927. The average Bonchev–Trinajstić information content (AvgIpc) is 2.51. The van der Waals surface area contributed by atoms with Crippen molar-refractivity contribution in [3.8, 4) is 0 Å². The van der Waals surface area contributed by atoms with Gasteiger partial charge in [-0.25, -0.2) is 5.32 Å². The van der Waals surface area contributed by atoms with Gasteiger partial charge in [0.2, 0.25) is 5.84 Å². The second kappa shape index (κ2) is 7.09. The van der Waals surface area contributed by atoms with E-state index in [0.717, 1.165) is 22.8 Å². The number of aryl methyl sites for hydroxylation is 2. The summed E-state index contributed by atoms with van der Waals surface area (Å²) in [5.41, 5.74) is 4.74. The number of amidine groups is 1. The normalized spacial score (nSPS) is 10.1. The highest BCUT2D eigenvalue weighted by molar-refractivity contribution is 6.04. The van der Waals surface area contributed by atoms with E-state index in [9.17, 15) is 4.79 Å². The van der Waals surface area contributed by atoms with Crippen molar-refractivity contribution in [2.75, 3.05) is 24.7 Å². The molecule has 23 heavy (non-hydrogen) atoms. The van der Waals surface area contributed by atoms with Crippen LogP contribution in [-0.2, 0) is 0 Å². The first-order valence-electron chi connectivity index (χ1n) is 7.63. The molecule has 0 aliphatic carbocycles. The first-order valence-corrected chi connectivity index (χ1v) is 7.63. The number of anilines is 2. The Morgan fingerprint density at radius 2 is 1.43 bits per heavy atom. The minimum atomic E-state index is -0.0927. The lowest BCUT2D eigenvalue weighted by molar-refractivity contribution is -0.464. The summed E-state index contributed by atoms with van der Waals surface area (Å²) in [5, 5.41) is 6.22. The van der Waals surface area contributed by atoms with E-state index in [2.05, 4.69) is 10.6 Å². The zero-order valence-electron chi connectivity index (χ0n) is 14.4. The van der Waals surface area contributed by atoms with Gasteiger partial charge in [-0.05, 0) is 61.4 Å². The lowest BCUT2D eigenvalue weighted by Crippen LogP contribution is -2.18. The lowest BCUT2D eigenvalue weighted by atomic mass is 10.1. The monoisotopic (exact) mass is 310 g/mol. The Hall–Kier alpha value is -2.62. The van der Waals surface area contributed by atoms with E-state index >= 15 is 0 Å². The topological polar surface area (TPSA) is 44.1 Å². The van der Waals surface area contributed by atoms with E-state index in [1.54, 1.807) is 0 Å². The standard InChI is InChI=1S/C19H23N3O/c1-13-6-7-16(12-14(13)2)19(23)21-18-10-8-17(9-11-18)20-15(3)22(4)5/h6-12H,1-5H3,(H,21,23)/p+1. The Kier molecular flexibility index (Phi) is 5.16. The molecule has 120 valence electrons. The lowest BCUT2D eigenvalue weighted by Gasteiger charge is -2.08. The molecule has 4 heteroatoms. The molecule has 4 nitrogen and oxygen atoms in total. The van der Waals surface area contributed by atoms with E-state index < -0.39 is 0 Å².